The molecule has 0 aliphatic rings. The molecule has 1 N–H and O–H groups in total. The topological polar surface area (TPSA) is 21.3 Å². The summed E-state index contributed by atoms with van der Waals surface area (Å²) in [7, 11) is 1.71. The van der Waals surface area contributed by atoms with E-state index in [1.807, 2.05) is 18.2 Å². The lowest BCUT2D eigenvalue weighted by molar-refractivity contribution is 0.401. The maximum Gasteiger partial charge on any atom is 0.123 e. The van der Waals surface area contributed by atoms with E-state index in [-0.39, 0.29) is 6.04 Å². The summed E-state index contributed by atoms with van der Waals surface area (Å²) in [6, 6.07) is 17.1. The van der Waals surface area contributed by atoms with Gasteiger partial charge in [0.1, 0.15) is 5.75 Å². The fourth-order valence-corrected chi connectivity index (χ4v) is 2.56. The molecule has 1 atom stereocenters. The first kappa shape index (κ1) is 14.9. The number of hydrogen-bond acceptors (Lipinski definition) is 3. The first-order valence-corrected chi connectivity index (χ1v) is 7.96. The van der Waals surface area contributed by atoms with Crippen LogP contribution < -0.4 is 10.1 Å². The zero-order chi connectivity index (χ0) is 14.4. The van der Waals surface area contributed by atoms with Crippen LogP contribution in [-0.2, 0) is 6.54 Å². The number of thioether (sulfide) groups is 1. The molecule has 0 aliphatic carbocycles. The van der Waals surface area contributed by atoms with Gasteiger partial charge in [0.2, 0.25) is 0 Å². The predicted octanol–water partition coefficient (Wildman–Crippen LogP) is 4.27. The summed E-state index contributed by atoms with van der Waals surface area (Å²) < 4.78 is 5.41. The van der Waals surface area contributed by atoms with Crippen molar-refractivity contribution in [3.8, 4) is 5.75 Å². The first-order valence-electron chi connectivity index (χ1n) is 6.74. The second-order valence-electron chi connectivity index (χ2n) is 4.69. The zero-order valence-corrected chi connectivity index (χ0v) is 13.0. The number of hydrogen-bond donors (Lipinski definition) is 1. The van der Waals surface area contributed by atoms with E-state index >= 15 is 0 Å². The van der Waals surface area contributed by atoms with Gasteiger partial charge >= 0.3 is 0 Å². The van der Waals surface area contributed by atoms with Crippen molar-refractivity contribution < 1.29 is 4.74 Å². The number of para-hydroxylation sites is 1. The highest BCUT2D eigenvalue weighted by molar-refractivity contribution is 7.98. The summed E-state index contributed by atoms with van der Waals surface area (Å²) in [6.07, 6.45) is 2.09. The van der Waals surface area contributed by atoms with Crippen LogP contribution in [0.25, 0.3) is 0 Å². The molecule has 0 aromatic heterocycles. The van der Waals surface area contributed by atoms with Crippen LogP contribution in [0.4, 0.5) is 0 Å². The number of nitrogens with one attached hydrogen (secondary N) is 1. The molecule has 0 saturated carbocycles. The summed E-state index contributed by atoms with van der Waals surface area (Å²) in [5.74, 6) is 0.935. The highest BCUT2D eigenvalue weighted by atomic mass is 32.2. The van der Waals surface area contributed by atoms with Crippen molar-refractivity contribution in [2.75, 3.05) is 13.4 Å². The van der Waals surface area contributed by atoms with Gasteiger partial charge in [-0.2, -0.15) is 0 Å². The fourth-order valence-electron chi connectivity index (χ4n) is 2.15. The molecule has 106 valence electrons. The quantitative estimate of drug-likeness (QED) is 0.802. The molecular formula is C17H21NOS. The normalized spacial score (nSPS) is 12.2. The van der Waals surface area contributed by atoms with Gasteiger partial charge in [0.15, 0.2) is 0 Å². The third-order valence-electron chi connectivity index (χ3n) is 3.38. The van der Waals surface area contributed by atoms with Crippen molar-refractivity contribution in [3.05, 3.63) is 59.7 Å². The van der Waals surface area contributed by atoms with E-state index < -0.39 is 0 Å². The summed E-state index contributed by atoms with van der Waals surface area (Å²) >= 11 is 1.77. The van der Waals surface area contributed by atoms with Crippen molar-refractivity contribution in [3.63, 3.8) is 0 Å². The molecule has 0 saturated heterocycles. The Morgan fingerprint density at radius 3 is 2.45 bits per heavy atom. The summed E-state index contributed by atoms with van der Waals surface area (Å²) in [5, 5.41) is 3.54. The largest absolute Gasteiger partial charge is 0.496 e. The number of methoxy groups -OCH3 is 1. The molecule has 20 heavy (non-hydrogen) atoms. The van der Waals surface area contributed by atoms with E-state index in [9.17, 15) is 0 Å². The molecule has 3 heteroatoms. The van der Waals surface area contributed by atoms with Crippen molar-refractivity contribution in [1.82, 2.24) is 5.32 Å². The maximum atomic E-state index is 5.41. The van der Waals surface area contributed by atoms with Crippen molar-refractivity contribution in [2.45, 2.75) is 24.4 Å². The van der Waals surface area contributed by atoms with Gasteiger partial charge in [-0.3, -0.25) is 0 Å². The Morgan fingerprint density at radius 1 is 1.10 bits per heavy atom. The molecule has 0 heterocycles. The summed E-state index contributed by atoms with van der Waals surface area (Å²) in [6.45, 7) is 3.02. The number of ether oxygens (including phenoxy) is 1. The Bertz CT molecular complexity index is 539. The Kier molecular flexibility index (Phi) is 5.50. The lowest BCUT2D eigenvalue weighted by Gasteiger charge is -2.17. The van der Waals surface area contributed by atoms with E-state index in [0.717, 1.165) is 12.3 Å². The fraction of sp³-hybridized carbons (Fsp3) is 0.294. The minimum Gasteiger partial charge on any atom is -0.496 e. The third kappa shape index (κ3) is 3.78. The van der Waals surface area contributed by atoms with Crippen molar-refractivity contribution in [1.29, 1.82) is 0 Å². The van der Waals surface area contributed by atoms with Crippen LogP contribution in [0.3, 0.4) is 0 Å². The Labute approximate surface area is 125 Å². The molecule has 0 fully saturated rings. The molecule has 2 nitrogen and oxygen atoms in total. The molecule has 2 aromatic carbocycles. The van der Waals surface area contributed by atoms with Crippen LogP contribution in [0.2, 0.25) is 0 Å². The lowest BCUT2D eigenvalue weighted by Crippen LogP contribution is -2.18. The van der Waals surface area contributed by atoms with Crippen LogP contribution in [0, 0.1) is 0 Å². The standard InChI is InChI=1S/C17H21NOS/c1-13(16-6-4-5-7-17(16)19-2)18-12-14-8-10-15(20-3)11-9-14/h4-11,13,18H,12H2,1-3H3/t13-/m0/s1. The molecule has 0 bridgehead atoms. The minimum absolute atomic E-state index is 0.256. The van der Waals surface area contributed by atoms with E-state index in [1.54, 1.807) is 18.9 Å². The first-order chi connectivity index (χ1) is 9.74. The second-order valence-corrected chi connectivity index (χ2v) is 5.57. The highest BCUT2D eigenvalue weighted by Crippen LogP contribution is 2.24. The monoisotopic (exact) mass is 287 g/mol. The lowest BCUT2D eigenvalue weighted by atomic mass is 10.1. The van der Waals surface area contributed by atoms with Gasteiger partial charge < -0.3 is 10.1 Å². The van der Waals surface area contributed by atoms with Crippen molar-refractivity contribution >= 4 is 11.8 Å². The number of rotatable bonds is 6. The summed E-state index contributed by atoms with van der Waals surface area (Å²) in [5.41, 5.74) is 2.49. The van der Waals surface area contributed by atoms with E-state index in [2.05, 4.69) is 48.8 Å². The second kappa shape index (κ2) is 7.36. The number of benzene rings is 2. The van der Waals surface area contributed by atoms with E-state index in [1.165, 1.54) is 16.0 Å². The van der Waals surface area contributed by atoms with Crippen molar-refractivity contribution in [2.24, 2.45) is 0 Å². The Balaban J connectivity index is 1.98. The van der Waals surface area contributed by atoms with Crippen LogP contribution in [0.5, 0.6) is 5.75 Å². The summed E-state index contributed by atoms with van der Waals surface area (Å²) in [4.78, 5) is 1.30. The molecular weight excluding hydrogens is 266 g/mol. The van der Waals surface area contributed by atoms with Gasteiger partial charge in [-0.15, -0.1) is 11.8 Å². The smallest absolute Gasteiger partial charge is 0.123 e. The van der Waals surface area contributed by atoms with E-state index in [4.69, 9.17) is 4.74 Å². The van der Waals surface area contributed by atoms with Crippen LogP contribution in [0.15, 0.2) is 53.4 Å². The van der Waals surface area contributed by atoms with Gasteiger partial charge in [-0.1, -0.05) is 30.3 Å². The maximum absolute atomic E-state index is 5.41. The van der Waals surface area contributed by atoms with Gasteiger partial charge in [-0.05, 0) is 36.9 Å². The van der Waals surface area contributed by atoms with Gasteiger partial charge in [0, 0.05) is 23.0 Å². The molecule has 0 aliphatic heterocycles. The average Bonchev–Trinajstić information content (AvgIpc) is 2.53. The van der Waals surface area contributed by atoms with Gasteiger partial charge in [-0.25, -0.2) is 0 Å². The zero-order valence-electron chi connectivity index (χ0n) is 12.2. The van der Waals surface area contributed by atoms with Gasteiger partial charge in [0.05, 0.1) is 7.11 Å². The molecule has 0 amide bonds. The Morgan fingerprint density at radius 2 is 1.80 bits per heavy atom. The van der Waals surface area contributed by atoms with E-state index in [0.29, 0.717) is 0 Å². The SMILES string of the molecule is COc1ccccc1[C@H](C)NCc1ccc(SC)cc1. The molecule has 2 aromatic rings. The average molecular weight is 287 g/mol. The predicted molar refractivity (Wildman–Crippen MR) is 86.5 cm³/mol. The highest BCUT2D eigenvalue weighted by Gasteiger charge is 2.09. The molecule has 0 unspecified atom stereocenters. The van der Waals surface area contributed by atoms with Gasteiger partial charge in [0.25, 0.3) is 0 Å². The molecule has 0 radical (unpaired) electrons. The van der Waals surface area contributed by atoms with Crippen LogP contribution in [0.1, 0.15) is 24.1 Å². The Hall–Kier alpha value is -1.45. The molecule has 2 rings (SSSR count). The molecule has 0 spiro atoms. The third-order valence-corrected chi connectivity index (χ3v) is 4.12. The van der Waals surface area contributed by atoms with Crippen LogP contribution in [-0.4, -0.2) is 13.4 Å². The van der Waals surface area contributed by atoms with Crippen LogP contribution >= 0.6 is 11.8 Å². The minimum atomic E-state index is 0.256.